The third kappa shape index (κ3) is 6.05. The molecule has 0 bridgehead atoms. The van der Waals surface area contributed by atoms with Gasteiger partial charge in [-0.3, -0.25) is 25.6 Å². The predicted octanol–water partition coefficient (Wildman–Crippen LogP) is 2.18. The molecule has 9 nitrogen and oxygen atoms in total. The van der Waals surface area contributed by atoms with E-state index in [-0.39, 0.29) is 12.5 Å². The molecule has 1 aliphatic rings. The number of carbonyl (C=O) groups is 2. The van der Waals surface area contributed by atoms with E-state index >= 15 is 0 Å². The Bertz CT molecular complexity index is 663. The van der Waals surface area contributed by atoms with Gasteiger partial charge < -0.3 is 4.90 Å². The summed E-state index contributed by atoms with van der Waals surface area (Å²) in [6.45, 7) is 7.90. The van der Waals surface area contributed by atoms with Crippen molar-refractivity contribution in [2.75, 3.05) is 30.0 Å². The summed E-state index contributed by atoms with van der Waals surface area (Å²) in [6.07, 6.45) is 6.05. The van der Waals surface area contributed by atoms with Gasteiger partial charge in [-0.2, -0.15) is 4.98 Å². The third-order valence-electron chi connectivity index (χ3n) is 5.12. The maximum absolute atomic E-state index is 12.6. The van der Waals surface area contributed by atoms with Crippen LogP contribution in [0.15, 0.2) is 0 Å². The highest BCUT2D eigenvalue weighted by Gasteiger charge is 2.22. The average molecular weight is 393 g/mol. The van der Waals surface area contributed by atoms with E-state index in [1.54, 1.807) is 0 Å². The first-order valence-electron chi connectivity index (χ1n) is 10.0. The molecular weight excluding hydrogens is 360 g/mol. The molecule has 2 heterocycles. The van der Waals surface area contributed by atoms with Crippen molar-refractivity contribution in [3.8, 4) is 0 Å². The van der Waals surface area contributed by atoms with Crippen LogP contribution in [0.2, 0.25) is 0 Å². The number of aromatic nitrogens is 2. The fourth-order valence-corrected chi connectivity index (χ4v) is 3.34. The Labute approximate surface area is 166 Å². The van der Waals surface area contributed by atoms with Crippen LogP contribution in [-0.4, -0.2) is 52.2 Å². The first-order valence-corrected chi connectivity index (χ1v) is 10.0. The highest BCUT2D eigenvalue weighted by Crippen LogP contribution is 2.24. The van der Waals surface area contributed by atoms with E-state index in [1.165, 1.54) is 0 Å². The maximum atomic E-state index is 12.6. The van der Waals surface area contributed by atoms with Gasteiger partial charge in [0.2, 0.25) is 18.3 Å². The first kappa shape index (κ1) is 21.9. The topological polar surface area (TPSA) is 111 Å². The van der Waals surface area contributed by atoms with Crippen LogP contribution in [-0.2, 0) is 9.59 Å². The number of unbranched alkanes of at least 4 members (excludes halogenated alkanes) is 2. The summed E-state index contributed by atoms with van der Waals surface area (Å²) in [5, 5.41) is 9.99. The monoisotopic (exact) mass is 392 g/mol. The van der Waals surface area contributed by atoms with Gasteiger partial charge in [0.15, 0.2) is 0 Å². The van der Waals surface area contributed by atoms with Crippen LogP contribution < -0.4 is 15.8 Å². The second-order valence-corrected chi connectivity index (χ2v) is 7.31. The minimum Gasteiger partial charge on any atom is -0.356 e. The summed E-state index contributed by atoms with van der Waals surface area (Å²) in [5.41, 5.74) is 7.33. The highest BCUT2D eigenvalue weighted by atomic mass is 16.5. The van der Waals surface area contributed by atoms with E-state index in [2.05, 4.69) is 32.6 Å². The number of amides is 2. The number of rotatable bonds is 11. The Morgan fingerprint density at radius 2 is 2.00 bits per heavy atom. The fourth-order valence-electron chi connectivity index (χ4n) is 3.34. The zero-order valence-electron chi connectivity index (χ0n) is 17.1. The van der Waals surface area contributed by atoms with Crippen molar-refractivity contribution in [2.24, 2.45) is 5.92 Å². The molecule has 1 aromatic rings. The van der Waals surface area contributed by atoms with Gasteiger partial charge >= 0.3 is 0 Å². The zero-order valence-corrected chi connectivity index (χ0v) is 17.1. The molecule has 2 amide bonds. The third-order valence-corrected chi connectivity index (χ3v) is 5.12. The van der Waals surface area contributed by atoms with Crippen LogP contribution in [0.1, 0.15) is 56.7 Å². The second kappa shape index (κ2) is 10.8. The van der Waals surface area contributed by atoms with Gasteiger partial charge in [-0.15, -0.1) is 0 Å². The van der Waals surface area contributed by atoms with Crippen molar-refractivity contribution in [2.45, 2.75) is 59.3 Å². The number of hydroxylamine groups is 2. The molecule has 9 heteroatoms. The molecule has 1 atom stereocenters. The fraction of sp³-hybridized carbons (Fsp3) is 0.684. The molecule has 156 valence electrons. The molecule has 0 aliphatic carbocycles. The SMILES string of the molecule is CCCCC[C@H](CN(O)C=O)C(=O)NNc1nc(C)c(C)c(N2CCCC2)n1. The molecule has 28 heavy (non-hydrogen) atoms. The molecule has 2 rings (SSSR count). The van der Waals surface area contributed by atoms with Gasteiger partial charge in [-0.1, -0.05) is 26.2 Å². The minimum atomic E-state index is -0.515. The quantitative estimate of drug-likeness (QED) is 0.229. The van der Waals surface area contributed by atoms with Gasteiger partial charge in [-0.05, 0) is 33.1 Å². The summed E-state index contributed by atoms with van der Waals surface area (Å²) in [7, 11) is 0. The summed E-state index contributed by atoms with van der Waals surface area (Å²) in [6, 6.07) is 0. The minimum absolute atomic E-state index is 0.0481. The van der Waals surface area contributed by atoms with E-state index in [9.17, 15) is 14.8 Å². The van der Waals surface area contributed by atoms with Crippen molar-refractivity contribution >= 4 is 24.1 Å². The lowest BCUT2D eigenvalue weighted by Crippen LogP contribution is -2.40. The van der Waals surface area contributed by atoms with E-state index in [1.807, 2.05) is 13.8 Å². The molecule has 1 saturated heterocycles. The van der Waals surface area contributed by atoms with Crippen molar-refractivity contribution in [3.63, 3.8) is 0 Å². The van der Waals surface area contributed by atoms with Crippen LogP contribution >= 0.6 is 0 Å². The molecule has 3 N–H and O–H groups in total. The maximum Gasteiger partial charge on any atom is 0.244 e. The van der Waals surface area contributed by atoms with Gasteiger partial charge in [0.25, 0.3) is 0 Å². The summed E-state index contributed by atoms with van der Waals surface area (Å²) in [5.74, 6) is 0.408. The second-order valence-electron chi connectivity index (χ2n) is 7.31. The van der Waals surface area contributed by atoms with Gasteiger partial charge in [0.1, 0.15) is 5.82 Å². The van der Waals surface area contributed by atoms with Crippen LogP contribution in [0.3, 0.4) is 0 Å². The molecule has 0 radical (unpaired) electrons. The number of nitrogens with zero attached hydrogens (tertiary/aromatic N) is 4. The van der Waals surface area contributed by atoms with Gasteiger partial charge in [0.05, 0.1) is 12.5 Å². The lowest BCUT2D eigenvalue weighted by Gasteiger charge is -2.22. The van der Waals surface area contributed by atoms with Crippen molar-refractivity contribution in [1.82, 2.24) is 20.5 Å². The number of carbonyl (C=O) groups excluding carboxylic acids is 2. The Kier molecular flexibility index (Phi) is 8.43. The van der Waals surface area contributed by atoms with Crippen LogP contribution in [0.5, 0.6) is 0 Å². The van der Waals surface area contributed by atoms with Crippen molar-refractivity contribution in [3.05, 3.63) is 11.3 Å². The molecule has 0 aromatic carbocycles. The molecule has 0 unspecified atom stereocenters. The number of hydrazine groups is 1. The van der Waals surface area contributed by atoms with Crippen LogP contribution in [0.25, 0.3) is 0 Å². The Morgan fingerprint density at radius 1 is 1.29 bits per heavy atom. The molecule has 0 saturated carbocycles. The molecule has 1 aliphatic heterocycles. The predicted molar refractivity (Wildman–Crippen MR) is 107 cm³/mol. The molecular formula is C19H32N6O3. The van der Waals surface area contributed by atoms with Crippen LogP contribution in [0.4, 0.5) is 11.8 Å². The van der Waals surface area contributed by atoms with E-state index in [0.29, 0.717) is 23.8 Å². The molecule has 1 aromatic heterocycles. The van der Waals surface area contributed by atoms with Crippen LogP contribution in [0, 0.1) is 19.8 Å². The number of hydrogen-bond donors (Lipinski definition) is 3. The van der Waals surface area contributed by atoms with E-state index in [4.69, 9.17) is 0 Å². The Morgan fingerprint density at radius 3 is 2.64 bits per heavy atom. The average Bonchev–Trinajstić information content (AvgIpc) is 3.22. The van der Waals surface area contributed by atoms with Gasteiger partial charge in [0, 0.05) is 24.3 Å². The van der Waals surface area contributed by atoms with Crippen molar-refractivity contribution < 1.29 is 14.8 Å². The largest absolute Gasteiger partial charge is 0.356 e. The summed E-state index contributed by atoms with van der Waals surface area (Å²) in [4.78, 5) is 34.5. The highest BCUT2D eigenvalue weighted by molar-refractivity contribution is 5.80. The van der Waals surface area contributed by atoms with E-state index in [0.717, 1.165) is 62.3 Å². The molecule has 1 fully saturated rings. The normalized spacial score (nSPS) is 14.6. The lowest BCUT2D eigenvalue weighted by molar-refractivity contribution is -0.154. The lowest BCUT2D eigenvalue weighted by atomic mass is 10.0. The van der Waals surface area contributed by atoms with Gasteiger partial charge in [-0.25, -0.2) is 10.0 Å². The zero-order chi connectivity index (χ0) is 20.5. The van der Waals surface area contributed by atoms with E-state index < -0.39 is 5.92 Å². The van der Waals surface area contributed by atoms with Crippen molar-refractivity contribution in [1.29, 1.82) is 0 Å². The number of nitrogens with one attached hydrogen (secondary N) is 2. The smallest absolute Gasteiger partial charge is 0.244 e. The standard InChI is InChI=1S/C19H32N6O3/c1-4-5-6-9-16(12-25(28)13-26)18(27)22-23-19-20-15(3)14(2)17(21-19)24-10-7-8-11-24/h13,16,28H,4-12H2,1-3H3,(H,22,27)(H,20,21,23)/t16-/m1/s1. The number of aryl methyl sites for hydroxylation is 1. The molecule has 0 spiro atoms. The number of hydrogen-bond acceptors (Lipinski definition) is 7. The summed E-state index contributed by atoms with van der Waals surface area (Å²) >= 11 is 0. The first-order chi connectivity index (χ1) is 13.5. The summed E-state index contributed by atoms with van der Waals surface area (Å²) < 4.78 is 0. The Balaban J connectivity index is 2.03. The number of anilines is 2. The Hall–Kier alpha value is -2.42.